The molecule has 0 fully saturated rings. The lowest BCUT2D eigenvalue weighted by molar-refractivity contribution is -0.929. The highest BCUT2D eigenvalue weighted by molar-refractivity contribution is 7.85. The molecule has 0 spiro atoms. The Balaban J connectivity index is 0.00000103. The minimum absolute atomic E-state index is 0.118. The summed E-state index contributed by atoms with van der Waals surface area (Å²) in [5, 5.41) is 17.6. The molecule has 7 nitrogen and oxygen atoms in total. The number of carboxylic acids is 2. The molecular weight excluding hydrogens is 885 g/mol. The lowest BCUT2D eigenvalue weighted by Gasteiger charge is -2.39. The Morgan fingerprint density at radius 3 is 0.629 bits per heavy atom. The third-order valence-electron chi connectivity index (χ3n) is 14.5. The number of unbranched alkanes of at least 4 members (excludes halogenated alkanes) is 24. The molecule has 0 aliphatic carbocycles. The van der Waals surface area contributed by atoms with Crippen molar-refractivity contribution in [3.8, 4) is 0 Å². The molecule has 0 bridgehead atoms. The monoisotopic (exact) mass is 999 g/mol. The molecule has 8 heteroatoms. The average Bonchev–Trinajstić information content (AvgIpc) is 3.37. The van der Waals surface area contributed by atoms with Gasteiger partial charge in [-0.3, -0.25) is 0 Å². The van der Waals surface area contributed by atoms with E-state index in [1.807, 2.05) is 0 Å². The van der Waals surface area contributed by atoms with Crippen LogP contribution in [0.15, 0.2) is 58.3 Å². The van der Waals surface area contributed by atoms with Crippen LogP contribution in [0.3, 0.4) is 0 Å². The van der Waals surface area contributed by atoms with Gasteiger partial charge in [0.05, 0.1) is 74.3 Å². The first-order chi connectivity index (χ1) is 34.0. The van der Waals surface area contributed by atoms with Crippen molar-refractivity contribution in [1.82, 2.24) is 0 Å². The number of benzene rings is 2. The van der Waals surface area contributed by atoms with E-state index >= 15 is 0 Å². The fourth-order valence-corrected chi connectivity index (χ4v) is 11.0. The minimum Gasteiger partial charge on any atom is -0.478 e. The molecular formula is C62H114N2O5S+2. The highest BCUT2D eigenvalue weighted by Crippen LogP contribution is 2.22. The molecule has 0 aliphatic heterocycles. The van der Waals surface area contributed by atoms with Crippen LogP contribution in [0.1, 0.15) is 282 Å². The highest BCUT2D eigenvalue weighted by Gasteiger charge is 2.27. The van der Waals surface area contributed by atoms with E-state index in [4.69, 9.17) is 10.2 Å². The first-order valence-electron chi connectivity index (χ1n) is 29.8. The molecule has 0 aliphatic rings. The van der Waals surface area contributed by atoms with Gasteiger partial charge >= 0.3 is 11.9 Å². The second-order valence-electron chi connectivity index (χ2n) is 20.9. The molecule has 2 rings (SSSR count). The van der Waals surface area contributed by atoms with E-state index in [0.717, 1.165) is 0 Å². The van der Waals surface area contributed by atoms with E-state index in [0.29, 0.717) is 9.79 Å². The zero-order chi connectivity index (χ0) is 52.0. The van der Waals surface area contributed by atoms with Gasteiger partial charge in [-0.25, -0.2) is 13.8 Å². The SMILES string of the molecule is CCCCCC[N+](CCCCCC)(CCCCCC)CCCCCC.CCCCCC[N+](CCCCCC)(CCCCCC)CCCCCC.O=C(O)c1ccc(S(=O)c2ccc(C(=O)O)cc2)cc1. The summed E-state index contributed by atoms with van der Waals surface area (Å²) in [7, 11) is -1.48. The summed E-state index contributed by atoms with van der Waals surface area (Å²) >= 11 is 0. The number of hydrogen-bond donors (Lipinski definition) is 2. The fraction of sp³-hybridized carbons (Fsp3) is 0.774. The maximum atomic E-state index is 12.2. The molecule has 0 atom stereocenters. The maximum Gasteiger partial charge on any atom is 0.335 e. The summed E-state index contributed by atoms with van der Waals surface area (Å²) in [6.45, 7) is 30.4. The third kappa shape index (κ3) is 34.0. The molecule has 0 saturated heterocycles. The van der Waals surface area contributed by atoms with Crippen LogP contribution < -0.4 is 0 Å². The second kappa shape index (κ2) is 46.3. The number of aromatic carboxylic acids is 2. The third-order valence-corrected chi connectivity index (χ3v) is 15.9. The Labute approximate surface area is 436 Å². The van der Waals surface area contributed by atoms with Gasteiger partial charge in [0.2, 0.25) is 0 Å². The van der Waals surface area contributed by atoms with Crippen LogP contribution in [0.4, 0.5) is 0 Å². The van der Waals surface area contributed by atoms with E-state index in [2.05, 4.69) is 55.4 Å². The van der Waals surface area contributed by atoms with E-state index in [-0.39, 0.29) is 11.1 Å². The van der Waals surface area contributed by atoms with Crippen molar-refractivity contribution in [2.45, 2.75) is 271 Å². The van der Waals surface area contributed by atoms with Crippen LogP contribution in [-0.2, 0) is 10.8 Å². The Kier molecular flexibility index (Phi) is 44.6. The molecule has 0 amide bonds. The summed E-state index contributed by atoms with van der Waals surface area (Å²) in [6.07, 6.45) is 45.7. The van der Waals surface area contributed by atoms with Crippen molar-refractivity contribution in [2.75, 3.05) is 52.4 Å². The van der Waals surface area contributed by atoms with Crippen LogP contribution in [0.2, 0.25) is 0 Å². The van der Waals surface area contributed by atoms with Gasteiger partial charge < -0.3 is 19.2 Å². The summed E-state index contributed by atoms with van der Waals surface area (Å²) in [5.41, 5.74) is 0.235. The van der Waals surface area contributed by atoms with Gasteiger partial charge in [0, 0.05) is 9.79 Å². The van der Waals surface area contributed by atoms with Crippen molar-refractivity contribution < 1.29 is 33.0 Å². The van der Waals surface area contributed by atoms with Crippen LogP contribution >= 0.6 is 0 Å². The lowest BCUT2D eigenvalue weighted by atomic mass is 10.1. The molecule has 0 radical (unpaired) electrons. The first kappa shape index (κ1) is 67.5. The molecule has 70 heavy (non-hydrogen) atoms. The Hall–Kier alpha value is -2.55. The molecule has 0 heterocycles. The predicted octanol–water partition coefficient (Wildman–Crippen LogP) is 18.5. The van der Waals surface area contributed by atoms with Gasteiger partial charge in [-0.1, -0.05) is 158 Å². The zero-order valence-corrected chi connectivity index (χ0v) is 48.1. The van der Waals surface area contributed by atoms with E-state index in [1.165, 1.54) is 315 Å². The minimum atomic E-state index is -1.48. The predicted molar refractivity (Wildman–Crippen MR) is 304 cm³/mol. The molecule has 0 saturated carbocycles. The molecule has 0 unspecified atom stereocenters. The first-order valence-corrected chi connectivity index (χ1v) is 30.9. The van der Waals surface area contributed by atoms with Gasteiger partial charge in [0.1, 0.15) is 0 Å². The number of hydrogen-bond acceptors (Lipinski definition) is 3. The lowest BCUT2D eigenvalue weighted by Crippen LogP contribution is -2.50. The van der Waals surface area contributed by atoms with E-state index < -0.39 is 22.7 Å². The van der Waals surface area contributed by atoms with Gasteiger partial charge in [0.25, 0.3) is 0 Å². The summed E-state index contributed by atoms with van der Waals surface area (Å²) in [6, 6.07) is 11.4. The van der Waals surface area contributed by atoms with Crippen LogP contribution in [-0.4, -0.2) is 87.7 Å². The smallest absolute Gasteiger partial charge is 0.335 e. The molecule has 2 aromatic rings. The van der Waals surface area contributed by atoms with Crippen LogP contribution in [0, 0.1) is 0 Å². The quantitative estimate of drug-likeness (QED) is 0.0510. The maximum absolute atomic E-state index is 12.2. The normalized spacial score (nSPS) is 11.6. The molecule has 2 N–H and O–H groups in total. The van der Waals surface area contributed by atoms with Gasteiger partial charge in [0.15, 0.2) is 0 Å². The summed E-state index contributed by atoms with van der Waals surface area (Å²) in [4.78, 5) is 22.4. The van der Waals surface area contributed by atoms with Gasteiger partial charge in [-0.05, 0) is 151 Å². The van der Waals surface area contributed by atoms with Crippen LogP contribution in [0.5, 0.6) is 0 Å². The molecule has 0 aromatic heterocycles. The van der Waals surface area contributed by atoms with Crippen molar-refractivity contribution in [2.24, 2.45) is 0 Å². The largest absolute Gasteiger partial charge is 0.478 e. The number of rotatable bonds is 44. The number of quaternary nitrogens is 2. The van der Waals surface area contributed by atoms with Crippen molar-refractivity contribution in [1.29, 1.82) is 0 Å². The van der Waals surface area contributed by atoms with Crippen LogP contribution in [0.25, 0.3) is 0 Å². The summed E-state index contributed by atoms with van der Waals surface area (Å²) < 4.78 is 15.1. The topological polar surface area (TPSA) is 91.7 Å². The van der Waals surface area contributed by atoms with Crippen molar-refractivity contribution >= 4 is 22.7 Å². The van der Waals surface area contributed by atoms with E-state index in [9.17, 15) is 13.8 Å². The average molecular weight is 1000 g/mol. The van der Waals surface area contributed by atoms with Gasteiger partial charge in [-0.15, -0.1) is 0 Å². The number of carboxylic acid groups (broad SMARTS) is 2. The zero-order valence-electron chi connectivity index (χ0n) is 47.3. The standard InChI is InChI=1S/2C24H52N.C14H10O5S/c2*1-5-9-13-17-21-25(22-18-14-10-6-2,23-19-15-11-7-3)24-20-16-12-8-4;15-13(16)9-1-5-11(6-2-9)20(19)12-7-3-10(4-8-12)14(17)18/h2*5-24H2,1-4H3;1-8H,(H,15,16)(H,17,18)/q2*+1;. The fourth-order valence-electron chi connectivity index (χ4n) is 9.91. The van der Waals surface area contributed by atoms with Crippen molar-refractivity contribution in [3.63, 3.8) is 0 Å². The second-order valence-corrected chi connectivity index (χ2v) is 22.4. The molecule has 2 aromatic carbocycles. The van der Waals surface area contributed by atoms with E-state index in [1.54, 1.807) is 0 Å². The Morgan fingerprint density at radius 2 is 0.486 bits per heavy atom. The highest BCUT2D eigenvalue weighted by atomic mass is 32.2. The Morgan fingerprint density at radius 1 is 0.314 bits per heavy atom. The van der Waals surface area contributed by atoms with Crippen molar-refractivity contribution in [3.05, 3.63) is 59.7 Å². The number of carbonyl (C=O) groups is 2. The Bertz CT molecular complexity index is 1290. The van der Waals surface area contributed by atoms with Gasteiger partial charge in [-0.2, -0.15) is 0 Å². The summed E-state index contributed by atoms with van der Waals surface area (Å²) in [5.74, 6) is -2.10. The number of nitrogens with zero attached hydrogens (tertiary/aromatic N) is 2. The molecule has 406 valence electrons.